The predicted octanol–water partition coefficient (Wildman–Crippen LogP) is 21.7. The summed E-state index contributed by atoms with van der Waals surface area (Å²) >= 11 is 0. The minimum absolute atomic E-state index is 0.0570. The first kappa shape index (κ1) is 46.4. The van der Waals surface area contributed by atoms with Crippen LogP contribution in [0, 0.1) is 0 Å². The molecule has 2 aliphatic carbocycles. The summed E-state index contributed by atoms with van der Waals surface area (Å²) in [6.45, 7) is 15.3. The third kappa shape index (κ3) is 7.05. The zero-order valence-corrected chi connectivity index (χ0v) is 44.3. The van der Waals surface area contributed by atoms with E-state index in [1.54, 1.807) is 0 Å². The average Bonchev–Trinajstić information content (AvgIpc) is 4.21. The summed E-state index contributed by atoms with van der Waals surface area (Å²) in [5, 5.41) is 13.1. The van der Waals surface area contributed by atoms with Crippen LogP contribution in [0.15, 0.2) is 244 Å². The number of fused-ring (bicyclic) bond motifs is 9. The lowest BCUT2D eigenvalue weighted by atomic mass is 9.81. The summed E-state index contributed by atoms with van der Waals surface area (Å²) < 4.78 is 0. The molecule has 0 aromatic heterocycles. The lowest BCUT2D eigenvalue weighted by Gasteiger charge is -2.22. The molecular formula is C77H58. The highest BCUT2D eigenvalue weighted by atomic mass is 14.4. The minimum Gasteiger partial charge on any atom is -0.106 e. The minimum atomic E-state index is 0.0570. The first-order chi connectivity index (χ1) is 37.8. The van der Waals surface area contributed by atoms with E-state index in [-0.39, 0.29) is 5.41 Å². The molecule has 15 rings (SSSR count). The Hall–Kier alpha value is -9.10. The van der Waals surface area contributed by atoms with Crippen LogP contribution < -0.4 is 0 Å². The molecule has 0 fully saturated rings. The van der Waals surface area contributed by atoms with Crippen molar-refractivity contribution < 1.29 is 0 Å². The molecule has 13 aromatic rings. The third-order valence-corrected chi connectivity index (χ3v) is 16.8. The second-order valence-electron chi connectivity index (χ2n) is 22.0. The molecule has 0 saturated carbocycles. The number of rotatable bonds is 6. The lowest BCUT2D eigenvalue weighted by Crippen LogP contribution is -2.10. The van der Waals surface area contributed by atoms with Gasteiger partial charge in [0.15, 0.2) is 0 Å². The summed E-state index contributed by atoms with van der Waals surface area (Å²) in [5.41, 5.74) is 26.5. The Morgan fingerprint density at radius 3 is 1.42 bits per heavy atom. The van der Waals surface area contributed by atoms with Crippen molar-refractivity contribution in [2.24, 2.45) is 0 Å². The van der Waals surface area contributed by atoms with E-state index in [1.807, 2.05) is 0 Å². The van der Waals surface area contributed by atoms with E-state index in [0.717, 1.165) is 12.8 Å². The van der Waals surface area contributed by atoms with Gasteiger partial charge in [-0.05, 0) is 189 Å². The van der Waals surface area contributed by atoms with Gasteiger partial charge in [0, 0.05) is 0 Å². The monoisotopic (exact) mass is 982 g/mol. The van der Waals surface area contributed by atoms with Gasteiger partial charge in [-0.25, -0.2) is 0 Å². The molecule has 0 atom stereocenters. The largest absolute Gasteiger partial charge is 0.106 e. The molecule has 77 heavy (non-hydrogen) atoms. The van der Waals surface area contributed by atoms with Gasteiger partial charge in [0.2, 0.25) is 0 Å². The highest BCUT2D eigenvalue weighted by molar-refractivity contribution is 6.27. The smallest absolute Gasteiger partial charge is 0.0000435 e. The van der Waals surface area contributed by atoms with Crippen LogP contribution in [0.1, 0.15) is 61.9 Å². The zero-order valence-electron chi connectivity index (χ0n) is 44.3. The topological polar surface area (TPSA) is 0 Å². The molecular weight excluding hydrogens is 925 g/mol. The summed E-state index contributed by atoms with van der Waals surface area (Å²) in [5.74, 6) is 0. The van der Waals surface area contributed by atoms with E-state index < -0.39 is 0 Å². The highest BCUT2D eigenvalue weighted by Gasteiger charge is 2.38. The van der Waals surface area contributed by atoms with E-state index in [0.29, 0.717) is 0 Å². The predicted molar refractivity (Wildman–Crippen MR) is 333 cm³/mol. The Bertz CT molecular complexity index is 4510. The Balaban J connectivity index is 0.00000267. The van der Waals surface area contributed by atoms with Gasteiger partial charge in [-0.2, -0.15) is 0 Å². The van der Waals surface area contributed by atoms with Crippen LogP contribution in [0.4, 0.5) is 0 Å². The number of hydrogen-bond donors (Lipinski definition) is 0. The molecule has 2 aliphatic rings. The van der Waals surface area contributed by atoms with Crippen LogP contribution in [0.25, 0.3) is 137 Å². The van der Waals surface area contributed by atoms with Crippen LogP contribution in [-0.4, -0.2) is 0 Å². The van der Waals surface area contributed by atoms with Crippen molar-refractivity contribution in [1.82, 2.24) is 0 Å². The Morgan fingerprint density at radius 2 is 0.818 bits per heavy atom. The van der Waals surface area contributed by atoms with E-state index >= 15 is 0 Å². The van der Waals surface area contributed by atoms with Gasteiger partial charge in [-0.15, -0.1) is 13.2 Å². The first-order valence-electron chi connectivity index (χ1n) is 27.4. The summed E-state index contributed by atoms with van der Waals surface area (Å²) in [6, 6.07) is 85.2. The van der Waals surface area contributed by atoms with E-state index in [1.165, 1.54) is 165 Å². The van der Waals surface area contributed by atoms with Gasteiger partial charge in [-0.3, -0.25) is 0 Å². The summed E-state index contributed by atoms with van der Waals surface area (Å²) in [7, 11) is 0. The summed E-state index contributed by atoms with van der Waals surface area (Å²) in [4.78, 5) is 0. The second-order valence-corrected chi connectivity index (χ2v) is 22.0. The van der Waals surface area contributed by atoms with Gasteiger partial charge in [0.05, 0.1) is 0 Å². The molecule has 0 bridgehead atoms. The number of allylic oxidation sites excluding steroid dienone is 1. The molecule has 0 amide bonds. The molecule has 0 heteroatoms. The molecule has 0 spiro atoms. The van der Waals surface area contributed by atoms with Crippen molar-refractivity contribution in [3.63, 3.8) is 0 Å². The van der Waals surface area contributed by atoms with Gasteiger partial charge in [0.25, 0.3) is 0 Å². The number of benzene rings is 13. The van der Waals surface area contributed by atoms with Crippen molar-refractivity contribution in [3.05, 3.63) is 272 Å². The fourth-order valence-corrected chi connectivity index (χ4v) is 13.6. The van der Waals surface area contributed by atoms with Gasteiger partial charge >= 0.3 is 0 Å². The molecule has 0 aliphatic heterocycles. The standard InChI is InChI=1S/C75H54.C2H4/c1-5-20-60-71-61(40-39-59-63(71)44-64-66(45-21-10-6-11-22-45)55-29-18-19-30-56(55)68(72(59)64)46-23-12-7-13-24-46)74-69(47-25-14-8-15-26-47)58-37-34-50(43-62(58)70(73(60)74)48-27-16-9-17-28-48)54-36-33-49-31-32-51-41-53(75(2,3)4)42-52-35-38-57(54)67(49)65(51)52;1-2/h6-43H,5,44H2,1-4H3;1-2H2/b60-20+;. The van der Waals surface area contributed by atoms with Crippen LogP contribution in [-0.2, 0) is 11.8 Å². The Morgan fingerprint density at radius 1 is 0.351 bits per heavy atom. The van der Waals surface area contributed by atoms with Crippen LogP contribution in [0.5, 0.6) is 0 Å². The van der Waals surface area contributed by atoms with Crippen molar-refractivity contribution in [2.45, 2.75) is 46.0 Å². The van der Waals surface area contributed by atoms with Gasteiger partial charge in [-0.1, -0.05) is 252 Å². The quantitative estimate of drug-likeness (QED) is 0.115. The van der Waals surface area contributed by atoms with Crippen molar-refractivity contribution >= 4 is 59.4 Å². The zero-order chi connectivity index (χ0) is 52.1. The normalized spacial score (nSPS) is 13.1. The SMILES string of the molecule is C=C.CC/C=C1\c2c(ccc3c2Cc2c-3c(-c3ccccc3)c3ccccc3c2-c2ccccc2)-c2c1c(-c1ccccc1)c1cc(-c3ccc4ccc5cc(C(C)(C)C)cc6ccc3c4c56)ccc1c2-c1ccccc1. The molecule has 0 radical (unpaired) electrons. The van der Waals surface area contributed by atoms with Crippen molar-refractivity contribution in [3.8, 4) is 77.9 Å². The first-order valence-corrected chi connectivity index (χ1v) is 27.4. The highest BCUT2D eigenvalue weighted by Crippen LogP contribution is 2.61. The van der Waals surface area contributed by atoms with E-state index in [2.05, 4.69) is 271 Å². The van der Waals surface area contributed by atoms with Gasteiger partial charge < -0.3 is 0 Å². The van der Waals surface area contributed by atoms with Crippen LogP contribution >= 0.6 is 0 Å². The molecule has 0 heterocycles. The molecule has 366 valence electrons. The Labute approximate surface area is 452 Å². The molecule has 13 aromatic carbocycles. The maximum atomic E-state index is 3.00. The lowest BCUT2D eigenvalue weighted by molar-refractivity contribution is 0.591. The molecule has 0 saturated heterocycles. The van der Waals surface area contributed by atoms with Gasteiger partial charge in [0.1, 0.15) is 0 Å². The summed E-state index contributed by atoms with van der Waals surface area (Å²) in [6.07, 6.45) is 4.30. The van der Waals surface area contributed by atoms with Crippen molar-refractivity contribution in [2.75, 3.05) is 0 Å². The fraction of sp³-hybridized carbons (Fsp3) is 0.0909. The van der Waals surface area contributed by atoms with E-state index in [4.69, 9.17) is 0 Å². The second kappa shape index (κ2) is 18.0. The van der Waals surface area contributed by atoms with Crippen LogP contribution in [0.3, 0.4) is 0 Å². The molecule has 0 nitrogen and oxygen atoms in total. The average molecular weight is 983 g/mol. The van der Waals surface area contributed by atoms with Crippen LogP contribution in [0.2, 0.25) is 0 Å². The molecule has 0 unspecified atom stereocenters. The molecule has 0 N–H and O–H groups in total. The third-order valence-electron chi connectivity index (χ3n) is 16.8. The number of hydrogen-bond acceptors (Lipinski definition) is 0. The maximum Gasteiger partial charge on any atom is -0.0000435 e. The maximum absolute atomic E-state index is 3.00. The fourth-order valence-electron chi connectivity index (χ4n) is 13.6. The van der Waals surface area contributed by atoms with E-state index in [9.17, 15) is 0 Å². The van der Waals surface area contributed by atoms with Crippen molar-refractivity contribution in [1.29, 1.82) is 0 Å². The Kier molecular flexibility index (Phi) is 10.9.